The first-order chi connectivity index (χ1) is 12.8. The molecule has 0 unspecified atom stereocenters. The van der Waals surface area contributed by atoms with Gasteiger partial charge in [0.25, 0.3) is 0 Å². The van der Waals surface area contributed by atoms with Crippen molar-refractivity contribution in [2.24, 2.45) is 0 Å². The average molecular weight is 372 g/mol. The van der Waals surface area contributed by atoms with Gasteiger partial charge in [-0.2, -0.15) is 17.9 Å². The van der Waals surface area contributed by atoms with Crippen molar-refractivity contribution in [1.29, 1.82) is 10.8 Å². The standard InChI is InChI=1S/C19H15F3N4O/c20-19(21,22)18(24)26-16(23)9-10-17(25-26)27-15-8-4-7-14(12-15)11-13-5-2-1-3-6-13/h1-10,12,23-24H,11H2. The van der Waals surface area contributed by atoms with Crippen molar-refractivity contribution in [2.75, 3.05) is 0 Å². The fourth-order valence-corrected chi connectivity index (χ4v) is 2.42. The second-order valence-corrected chi connectivity index (χ2v) is 5.73. The lowest BCUT2D eigenvalue weighted by Crippen LogP contribution is -2.38. The minimum absolute atomic E-state index is 0.142. The van der Waals surface area contributed by atoms with Crippen LogP contribution in [0, 0.1) is 10.8 Å². The number of rotatable bonds is 4. The molecule has 0 fully saturated rings. The van der Waals surface area contributed by atoms with E-state index >= 15 is 0 Å². The Morgan fingerprint density at radius 2 is 1.67 bits per heavy atom. The molecule has 0 amide bonds. The van der Waals surface area contributed by atoms with E-state index in [0.717, 1.165) is 17.2 Å². The summed E-state index contributed by atoms with van der Waals surface area (Å²) in [7, 11) is 0. The van der Waals surface area contributed by atoms with Gasteiger partial charge in [0, 0.05) is 6.07 Å². The van der Waals surface area contributed by atoms with Gasteiger partial charge in [-0.3, -0.25) is 10.8 Å². The molecule has 0 spiro atoms. The van der Waals surface area contributed by atoms with Gasteiger partial charge >= 0.3 is 6.18 Å². The minimum atomic E-state index is -4.91. The smallest absolute Gasteiger partial charge is 0.438 e. The normalized spacial score (nSPS) is 11.2. The maximum absolute atomic E-state index is 12.7. The Bertz CT molecular complexity index is 1010. The van der Waals surface area contributed by atoms with Gasteiger partial charge in [-0.15, -0.1) is 5.10 Å². The number of aromatic nitrogens is 2. The van der Waals surface area contributed by atoms with E-state index in [1.54, 1.807) is 18.2 Å². The highest BCUT2D eigenvalue weighted by Crippen LogP contribution is 2.22. The molecule has 27 heavy (non-hydrogen) atoms. The summed E-state index contributed by atoms with van der Waals surface area (Å²) in [6.07, 6.45) is -4.24. The molecule has 0 bridgehead atoms. The van der Waals surface area contributed by atoms with Gasteiger partial charge in [0.05, 0.1) is 0 Å². The quantitative estimate of drug-likeness (QED) is 0.534. The van der Waals surface area contributed by atoms with Crippen LogP contribution in [0.5, 0.6) is 11.6 Å². The van der Waals surface area contributed by atoms with Gasteiger partial charge in [-0.05, 0) is 35.7 Å². The molecule has 8 heteroatoms. The lowest BCUT2D eigenvalue weighted by molar-refractivity contribution is -0.0632. The van der Waals surface area contributed by atoms with Crippen LogP contribution in [-0.2, 0) is 6.42 Å². The Labute approximate surface area is 152 Å². The molecule has 0 aliphatic heterocycles. The minimum Gasteiger partial charge on any atom is -0.438 e. The highest BCUT2D eigenvalue weighted by molar-refractivity contribution is 5.85. The molecule has 138 valence electrons. The number of ether oxygens (including phenoxy) is 1. The average Bonchev–Trinajstić information content (AvgIpc) is 2.63. The van der Waals surface area contributed by atoms with Crippen LogP contribution in [0.15, 0.2) is 66.7 Å². The van der Waals surface area contributed by atoms with Crippen LogP contribution in [-0.4, -0.2) is 21.8 Å². The van der Waals surface area contributed by atoms with Crippen molar-refractivity contribution < 1.29 is 17.9 Å². The molecule has 0 atom stereocenters. The van der Waals surface area contributed by atoms with E-state index in [-0.39, 0.29) is 10.6 Å². The molecule has 0 aliphatic rings. The van der Waals surface area contributed by atoms with Crippen LogP contribution in [0.1, 0.15) is 11.1 Å². The molecule has 2 N–H and O–H groups in total. The largest absolute Gasteiger partial charge is 0.451 e. The van der Waals surface area contributed by atoms with Crippen molar-refractivity contribution >= 4 is 5.84 Å². The van der Waals surface area contributed by atoms with Crippen LogP contribution in [0.3, 0.4) is 0 Å². The number of halogens is 3. The third-order valence-electron chi connectivity index (χ3n) is 3.66. The van der Waals surface area contributed by atoms with E-state index in [0.29, 0.717) is 12.2 Å². The Kier molecular flexibility index (Phi) is 5.07. The van der Waals surface area contributed by atoms with E-state index in [1.807, 2.05) is 36.4 Å². The summed E-state index contributed by atoms with van der Waals surface area (Å²) < 4.78 is 43.9. The van der Waals surface area contributed by atoms with E-state index in [4.69, 9.17) is 15.6 Å². The number of nitrogens with one attached hydrogen (secondary N) is 2. The predicted molar refractivity (Wildman–Crippen MR) is 93.0 cm³/mol. The molecule has 0 saturated carbocycles. The van der Waals surface area contributed by atoms with Crippen LogP contribution in [0.2, 0.25) is 0 Å². The third kappa shape index (κ3) is 4.60. The molecule has 3 rings (SSSR count). The number of nitrogens with zero attached hydrogens (tertiary/aromatic N) is 2. The topological polar surface area (TPSA) is 74.8 Å². The summed E-state index contributed by atoms with van der Waals surface area (Å²) in [5.74, 6) is -1.49. The van der Waals surface area contributed by atoms with Crippen molar-refractivity contribution in [1.82, 2.24) is 9.78 Å². The highest BCUT2D eigenvalue weighted by Gasteiger charge is 2.37. The fraction of sp³-hybridized carbons (Fsp3) is 0.105. The molecule has 0 radical (unpaired) electrons. The molecule has 1 heterocycles. The first kappa shape index (κ1) is 18.4. The van der Waals surface area contributed by atoms with Crippen molar-refractivity contribution in [3.8, 4) is 11.6 Å². The van der Waals surface area contributed by atoms with Gasteiger partial charge < -0.3 is 4.74 Å². The fourth-order valence-electron chi connectivity index (χ4n) is 2.42. The number of hydrogen-bond donors (Lipinski definition) is 2. The van der Waals surface area contributed by atoms with Crippen molar-refractivity contribution in [3.05, 3.63) is 83.3 Å². The molecule has 0 aliphatic carbocycles. The van der Waals surface area contributed by atoms with E-state index in [9.17, 15) is 13.2 Å². The molecule has 0 saturated heterocycles. The summed E-state index contributed by atoms with van der Waals surface area (Å²) in [5.41, 5.74) is 1.51. The van der Waals surface area contributed by atoms with Crippen molar-refractivity contribution in [3.63, 3.8) is 0 Å². The Balaban J connectivity index is 1.83. The number of alkyl halides is 3. The van der Waals surface area contributed by atoms with E-state index in [1.165, 1.54) is 6.07 Å². The van der Waals surface area contributed by atoms with E-state index < -0.39 is 17.5 Å². The number of hydrogen-bond acceptors (Lipinski definition) is 4. The summed E-state index contributed by atoms with van der Waals surface area (Å²) in [6, 6.07) is 19.3. The Morgan fingerprint density at radius 3 is 2.37 bits per heavy atom. The summed E-state index contributed by atoms with van der Waals surface area (Å²) in [6.45, 7) is 0. The molecular weight excluding hydrogens is 357 g/mol. The van der Waals surface area contributed by atoms with Crippen LogP contribution >= 0.6 is 0 Å². The summed E-state index contributed by atoms with van der Waals surface area (Å²) in [4.78, 5) is 0. The lowest BCUT2D eigenvalue weighted by atomic mass is 10.1. The monoisotopic (exact) mass is 372 g/mol. The molecule has 1 aromatic heterocycles. The number of benzene rings is 2. The molecule has 5 nitrogen and oxygen atoms in total. The van der Waals surface area contributed by atoms with Crippen LogP contribution < -0.4 is 10.2 Å². The molecule has 3 aromatic rings. The Morgan fingerprint density at radius 1 is 0.963 bits per heavy atom. The summed E-state index contributed by atoms with van der Waals surface area (Å²) in [5, 5.41) is 18.3. The van der Waals surface area contributed by atoms with Crippen LogP contribution in [0.4, 0.5) is 13.2 Å². The first-order valence-corrected chi connectivity index (χ1v) is 7.95. The third-order valence-corrected chi connectivity index (χ3v) is 3.66. The predicted octanol–water partition coefficient (Wildman–Crippen LogP) is 4.13. The van der Waals surface area contributed by atoms with Crippen LogP contribution in [0.25, 0.3) is 0 Å². The first-order valence-electron chi connectivity index (χ1n) is 7.95. The zero-order valence-corrected chi connectivity index (χ0v) is 14.0. The van der Waals surface area contributed by atoms with Gasteiger partial charge in [0.15, 0.2) is 0 Å². The molecular formula is C19H15F3N4O. The SMILES string of the molecule is N=C(n1nc(Oc2cccc(Cc3ccccc3)c2)ccc1=N)C(F)(F)F. The lowest BCUT2D eigenvalue weighted by Gasteiger charge is -2.12. The van der Waals surface area contributed by atoms with Gasteiger partial charge in [0.2, 0.25) is 11.7 Å². The van der Waals surface area contributed by atoms with Gasteiger partial charge in [-0.1, -0.05) is 42.5 Å². The second kappa shape index (κ2) is 7.45. The molecule has 2 aromatic carbocycles. The zero-order valence-electron chi connectivity index (χ0n) is 14.0. The zero-order chi connectivity index (χ0) is 19.4. The van der Waals surface area contributed by atoms with Crippen molar-refractivity contribution in [2.45, 2.75) is 12.6 Å². The maximum atomic E-state index is 12.7. The highest BCUT2D eigenvalue weighted by atomic mass is 19.4. The second-order valence-electron chi connectivity index (χ2n) is 5.73. The Hall–Kier alpha value is -3.42. The van der Waals surface area contributed by atoms with Gasteiger partial charge in [-0.25, -0.2) is 0 Å². The van der Waals surface area contributed by atoms with Gasteiger partial charge in [0.1, 0.15) is 11.2 Å². The summed E-state index contributed by atoms with van der Waals surface area (Å²) >= 11 is 0. The maximum Gasteiger partial charge on any atom is 0.451 e. The van der Waals surface area contributed by atoms with E-state index in [2.05, 4.69) is 5.10 Å².